The van der Waals surface area contributed by atoms with E-state index in [1.165, 1.54) is 78.2 Å². The molecule has 0 saturated carbocycles. The van der Waals surface area contributed by atoms with E-state index >= 15 is 0 Å². The molecule has 7 rings (SSSR count). The Morgan fingerprint density at radius 3 is 1.34 bits per heavy atom. The van der Waals surface area contributed by atoms with E-state index < -0.39 is 180 Å². The number of aromatic amines is 2. The standard InChI is InChI=1S/C22H29ClN3O9P.C18H17F5NO5P.C10H13ClN2O5.Al.3ClH/c1-13(2)33-19(29)14(3)25-36(31,35-15-8-6-5-7-9-15)32-12-16-18(28)22(4,23)20(34-16)26-11-10-17(27)24-21(26)30;1-9(2)27-18(25)10(3)24-30(26,28-11-7-5-4-6-8-11)29-17-15(22)13(20)12(19)14(21)16(17)23;1-10(11)7(16)5(4-14)18-8(10)13-3-2-6(15)12-9(13)17;;;;/h5-11,13-14,16,18,20,28H,12H2,1-4H3,(H,25,31)(H,24,27,30);4-10H,1-3H3,(H,24,26);2-3,5,7-8,14,16H,4H2,1H3,(H,12,15,17);;3*1H/q;;;+3;;;/p-3/t14-,16-,18-,20-,22-,36-;10-,30-;5-,7-,8-,10-;;;;/m111..../s1. The SMILES string of the molecule is CC(C)OC(=O)[C@@H](C)N[P@@](=O)(OC[C@H]1O[C@@H](n2ccc(=O)[nH]c2=O)[C@](C)(Cl)[C@@H]1O)Oc1ccccc1.CC(C)OC(=O)[C@@H](C)N[P@@](=O)(Oc1ccccc1)Oc1c(F)c(F)c(F)c(F)c1F.C[C@@]1(Cl)[C@H](O)[C@@H](CO)O[C@H]1n1ccc(=O)[nH]c1=O.[Cl][Al]([Cl])[Cl]. The number of aromatic nitrogens is 4. The molecule has 7 N–H and O–H groups in total. The molecule has 4 heterocycles. The molecular weight excluding hydrogens is 1350 g/mol. The van der Waals surface area contributed by atoms with Crippen molar-refractivity contribution < 1.29 is 93.0 Å². The Labute approximate surface area is 524 Å². The summed E-state index contributed by atoms with van der Waals surface area (Å²) in [6.07, 6.45) is -5.22. The minimum absolute atomic E-state index is 0.137. The highest BCUT2D eigenvalue weighted by Crippen LogP contribution is 2.50. The summed E-state index contributed by atoms with van der Waals surface area (Å²) in [5.41, 5.74) is -2.62. The zero-order valence-corrected chi connectivity index (χ0v) is 54.0. The number of H-pyrrole nitrogens is 2. The average molecular weight is 1410 g/mol. The minimum Gasteiger partial charge on any atom is -0.462 e. The van der Waals surface area contributed by atoms with E-state index in [1.54, 1.807) is 50.2 Å². The summed E-state index contributed by atoms with van der Waals surface area (Å²) in [4.78, 5) is 71.9. The van der Waals surface area contributed by atoms with Crippen LogP contribution in [0.3, 0.4) is 0 Å². The molecule has 0 unspecified atom stereocenters. The van der Waals surface area contributed by atoms with Gasteiger partial charge in [0.2, 0.25) is 34.8 Å². The Morgan fingerprint density at radius 2 is 0.977 bits per heavy atom. The lowest BCUT2D eigenvalue weighted by Gasteiger charge is -2.26. The molecule has 0 aliphatic carbocycles. The molecule has 12 atom stereocenters. The largest absolute Gasteiger partial charge is 0.643 e. The zero-order valence-electron chi connectivity index (χ0n) is 47.3. The maximum atomic E-state index is 14.0. The van der Waals surface area contributed by atoms with Gasteiger partial charge in [-0.1, -0.05) is 36.4 Å². The molecule has 38 heteroatoms. The Kier molecular flexibility index (Phi) is 28.3. The molecule has 2 saturated heterocycles. The highest BCUT2D eigenvalue weighted by molar-refractivity contribution is 7.54. The van der Waals surface area contributed by atoms with Crippen molar-refractivity contribution in [1.82, 2.24) is 29.3 Å². The molecule has 2 aromatic heterocycles. The van der Waals surface area contributed by atoms with Crippen molar-refractivity contribution >= 4 is 92.2 Å². The molecule has 0 radical (unpaired) electrons. The fraction of sp³-hybridized carbons (Fsp3) is 0.440. The lowest BCUT2D eigenvalue weighted by atomic mass is 10.0. The van der Waals surface area contributed by atoms with E-state index in [-0.39, 0.29) is 11.5 Å². The second-order valence-corrected chi connectivity index (χ2v) is 30.8. The van der Waals surface area contributed by atoms with Gasteiger partial charge in [0.1, 0.15) is 57.7 Å². The highest BCUT2D eigenvalue weighted by atomic mass is 35.8. The van der Waals surface area contributed by atoms with Crippen LogP contribution in [0, 0.1) is 29.1 Å². The van der Waals surface area contributed by atoms with Crippen LogP contribution in [0.2, 0.25) is 0 Å². The number of benzene rings is 3. The lowest BCUT2D eigenvalue weighted by molar-refractivity contribution is -0.150. The summed E-state index contributed by atoms with van der Waals surface area (Å²) in [6, 6.07) is 15.0. The van der Waals surface area contributed by atoms with E-state index in [1.807, 2.05) is 0 Å². The van der Waals surface area contributed by atoms with Gasteiger partial charge in [0, 0.05) is 24.5 Å². The monoisotopic (exact) mass is 1410 g/mol. The molecule has 0 bridgehead atoms. The number of alkyl halides is 2. The topological polar surface area (TPSA) is 337 Å². The first-order valence-corrected chi connectivity index (χ1v) is 34.7. The van der Waals surface area contributed by atoms with Gasteiger partial charge in [0.05, 0.1) is 25.4 Å². The van der Waals surface area contributed by atoms with Crippen molar-refractivity contribution in [3.63, 3.8) is 0 Å². The fourth-order valence-electron chi connectivity index (χ4n) is 7.54. The van der Waals surface area contributed by atoms with Crippen molar-refractivity contribution in [1.29, 1.82) is 0 Å². The molecule has 2 aliphatic rings. The molecule has 2 aliphatic heterocycles. The van der Waals surface area contributed by atoms with Crippen molar-refractivity contribution in [2.45, 2.75) is 126 Å². The number of hydrogen-bond acceptors (Lipinski definition) is 19. The number of rotatable bonds is 20. The summed E-state index contributed by atoms with van der Waals surface area (Å²) in [7, 11) is 5.70. The number of esters is 2. The van der Waals surface area contributed by atoms with Crippen molar-refractivity contribution in [3.8, 4) is 17.2 Å². The summed E-state index contributed by atoms with van der Waals surface area (Å²) in [5, 5.41) is 34.4. The highest BCUT2D eigenvalue weighted by Gasteiger charge is 2.55. The molecule has 3 aromatic carbocycles. The first kappa shape index (κ1) is 75.6. The first-order chi connectivity index (χ1) is 40.9. The maximum absolute atomic E-state index is 14.0. The molecule has 486 valence electrons. The number of aliphatic hydroxyl groups excluding tert-OH is 3. The third-order valence-electron chi connectivity index (χ3n) is 11.7. The van der Waals surface area contributed by atoms with E-state index in [4.69, 9.17) is 91.0 Å². The molecule has 88 heavy (non-hydrogen) atoms. The van der Waals surface area contributed by atoms with Gasteiger partial charge in [0.25, 0.3) is 11.1 Å². The quantitative estimate of drug-likeness (QED) is 0.00765. The van der Waals surface area contributed by atoms with Gasteiger partial charge >= 0.3 is 50.2 Å². The van der Waals surface area contributed by atoms with E-state index in [0.29, 0.717) is 0 Å². The number of halogens is 10. The maximum Gasteiger partial charge on any atom is 0.643 e. The van der Waals surface area contributed by atoms with Gasteiger partial charge in [-0.2, -0.15) is 19.0 Å². The van der Waals surface area contributed by atoms with Crippen LogP contribution in [0.25, 0.3) is 0 Å². The Bertz CT molecular complexity index is 3480. The Morgan fingerprint density at radius 1 is 0.625 bits per heavy atom. The Balaban J connectivity index is 0.000000286. The van der Waals surface area contributed by atoms with Gasteiger partial charge < -0.3 is 47.8 Å². The first-order valence-electron chi connectivity index (χ1n) is 25.6. The predicted octanol–water partition coefficient (Wildman–Crippen LogP) is 7.28. The summed E-state index contributed by atoms with van der Waals surface area (Å²) in [6.45, 7) is 11.1. The van der Waals surface area contributed by atoms with Crippen LogP contribution in [-0.2, 0) is 42.2 Å². The normalized spacial score (nSPS) is 23.3. The van der Waals surface area contributed by atoms with Crippen LogP contribution in [-0.4, -0.2) is 129 Å². The zero-order chi connectivity index (χ0) is 66.4. The molecule has 25 nitrogen and oxygen atoms in total. The number of ether oxygens (including phenoxy) is 4. The second kappa shape index (κ2) is 32.9. The molecule has 5 aromatic rings. The van der Waals surface area contributed by atoms with Crippen LogP contribution in [0.4, 0.5) is 22.0 Å². The number of nitrogens with one attached hydrogen (secondary N) is 4. The number of hydrogen-bond donors (Lipinski definition) is 7. The molecule has 0 spiro atoms. The minimum atomic E-state index is -4.91. The van der Waals surface area contributed by atoms with Gasteiger partial charge in [0.15, 0.2) is 12.5 Å². The third-order valence-corrected chi connectivity index (χ3v) is 15.7. The molecule has 0 amide bonds. The third kappa shape index (κ3) is 20.8. The second-order valence-electron chi connectivity index (χ2n) is 19.5. The Hall–Kier alpha value is -4.87. The number of carbonyl (C=O) groups is 2. The van der Waals surface area contributed by atoms with E-state index in [0.717, 1.165) is 21.3 Å². The van der Waals surface area contributed by atoms with Crippen LogP contribution >= 0.6 is 68.8 Å². The summed E-state index contributed by atoms with van der Waals surface area (Å²) >= 11 is 11.0. The van der Waals surface area contributed by atoms with Crippen molar-refractivity contribution in [2.24, 2.45) is 0 Å². The number of carbonyl (C=O) groups excluding carboxylic acids is 2. The molecule has 2 fully saturated rings. The van der Waals surface area contributed by atoms with Gasteiger partial charge in [-0.15, -0.1) is 23.2 Å². The van der Waals surface area contributed by atoms with Crippen molar-refractivity contribution in [3.05, 3.63) is 156 Å². The van der Waals surface area contributed by atoms with Crippen molar-refractivity contribution in [2.75, 3.05) is 13.2 Å². The van der Waals surface area contributed by atoms with Gasteiger partial charge in [-0.25, -0.2) is 62.0 Å². The smallest absolute Gasteiger partial charge is 0.462 e. The number of aliphatic hydroxyl groups is 3. The number of nitrogens with zero attached hydrogens (tertiary/aromatic N) is 2. The van der Waals surface area contributed by atoms with Crippen LogP contribution in [0.5, 0.6) is 17.2 Å². The lowest BCUT2D eigenvalue weighted by Crippen LogP contribution is -2.43. The van der Waals surface area contributed by atoms with Crippen LogP contribution in [0.1, 0.15) is 67.8 Å². The van der Waals surface area contributed by atoms with Crippen LogP contribution in [0.15, 0.2) is 104 Å². The average Bonchev–Trinajstić information content (AvgIpc) is 1.62. The van der Waals surface area contributed by atoms with E-state index in [2.05, 4.69) is 24.7 Å². The molecular formula is C50H59AlCl5F5N6O19P2. The predicted molar refractivity (Wildman–Crippen MR) is 311 cm³/mol. The van der Waals surface area contributed by atoms with E-state index in [9.17, 15) is 70.1 Å². The summed E-state index contributed by atoms with van der Waals surface area (Å²) < 4.78 is 139. The van der Waals surface area contributed by atoms with Gasteiger partial charge in [-0.3, -0.25) is 42.8 Å². The van der Waals surface area contributed by atoms with Crippen LogP contribution < -0.4 is 46.2 Å². The fourth-order valence-corrected chi connectivity index (χ4v) is 11.2. The van der Waals surface area contributed by atoms with Gasteiger partial charge in [-0.05, 0) is 79.7 Å². The number of para-hydroxylation sites is 2. The summed E-state index contributed by atoms with van der Waals surface area (Å²) in [5.74, 6) is -15.1.